The molecule has 1 atom stereocenters. The molecule has 0 aliphatic carbocycles. The van der Waals surface area contributed by atoms with E-state index in [0.29, 0.717) is 18.4 Å². The average Bonchev–Trinajstić information content (AvgIpc) is 2.84. The minimum atomic E-state index is -1.07. The number of carboxylic acid groups (broad SMARTS) is 1. The van der Waals surface area contributed by atoms with Crippen LogP contribution < -0.4 is 16.4 Å². The summed E-state index contributed by atoms with van der Waals surface area (Å²) in [5.41, 5.74) is 7.42. The maximum absolute atomic E-state index is 12.2. The Balaban J connectivity index is 2.33. The van der Waals surface area contributed by atoms with Crippen molar-refractivity contribution in [2.75, 3.05) is 11.9 Å². The van der Waals surface area contributed by atoms with Gasteiger partial charge >= 0.3 is 5.97 Å². The number of aliphatic carboxylic acids is 1. The summed E-state index contributed by atoms with van der Waals surface area (Å²) in [6.45, 7) is 3.67. The first kappa shape index (κ1) is 30.0. The first-order valence-electron chi connectivity index (χ1n) is 13.0. The molecule has 0 fully saturated rings. The number of amides is 2. The maximum atomic E-state index is 12.2. The molecule has 0 spiro atoms. The van der Waals surface area contributed by atoms with Gasteiger partial charge in [0.1, 0.15) is 6.54 Å². The van der Waals surface area contributed by atoms with E-state index in [9.17, 15) is 14.4 Å². The third-order valence-electron chi connectivity index (χ3n) is 5.88. The van der Waals surface area contributed by atoms with Crippen LogP contribution in [0.5, 0.6) is 0 Å². The molecular formula is C28H43N3O4. The molecule has 0 saturated carbocycles. The van der Waals surface area contributed by atoms with E-state index in [0.717, 1.165) is 43.4 Å². The number of unbranched alkanes of at least 4 members (excludes halogenated alkanes) is 9. The summed E-state index contributed by atoms with van der Waals surface area (Å²) in [6, 6.07) is 5.56. The molecule has 0 aromatic heterocycles. The number of anilines is 1. The van der Waals surface area contributed by atoms with E-state index in [4.69, 9.17) is 10.8 Å². The van der Waals surface area contributed by atoms with Crippen molar-refractivity contribution in [1.29, 1.82) is 0 Å². The normalized spacial score (nSPS) is 11.3. The Labute approximate surface area is 210 Å². The Morgan fingerprint density at radius 3 is 2.17 bits per heavy atom. The number of nitrogens with one attached hydrogen (secondary N) is 2. The van der Waals surface area contributed by atoms with Gasteiger partial charge in [-0.2, -0.15) is 0 Å². The highest BCUT2D eigenvalue weighted by Gasteiger charge is 2.13. The second-order valence-corrected chi connectivity index (χ2v) is 8.88. The van der Waals surface area contributed by atoms with E-state index >= 15 is 0 Å². The molecule has 5 N–H and O–H groups in total. The fourth-order valence-corrected chi connectivity index (χ4v) is 3.84. The monoisotopic (exact) mass is 485 g/mol. The van der Waals surface area contributed by atoms with Gasteiger partial charge in [0.25, 0.3) is 5.91 Å². The second kappa shape index (κ2) is 18.3. The van der Waals surface area contributed by atoms with Crippen LogP contribution in [-0.4, -0.2) is 35.5 Å². The number of carboxylic acids is 1. The van der Waals surface area contributed by atoms with Gasteiger partial charge in [-0.25, -0.2) is 0 Å². The number of hydrogen-bond donors (Lipinski definition) is 4. The Morgan fingerprint density at radius 1 is 0.971 bits per heavy atom. The number of aryl methyl sites for hydroxylation is 1. The molecule has 0 bridgehead atoms. The largest absolute Gasteiger partial charge is 0.480 e. The Kier molecular flexibility index (Phi) is 15.7. The minimum Gasteiger partial charge on any atom is -0.480 e. The summed E-state index contributed by atoms with van der Waals surface area (Å²) in [7, 11) is 0. The average molecular weight is 486 g/mol. The predicted molar refractivity (Wildman–Crippen MR) is 141 cm³/mol. The van der Waals surface area contributed by atoms with Crippen molar-refractivity contribution in [3.63, 3.8) is 0 Å². The SMILES string of the molecule is CCc1cc(NC(C#CCCCCCCCCCCCC(N)=O)CC)ccc1C(=O)NCC(=O)O. The number of carbonyl (C=O) groups excluding carboxylic acids is 2. The van der Waals surface area contributed by atoms with Crippen LogP contribution in [0.3, 0.4) is 0 Å². The molecule has 35 heavy (non-hydrogen) atoms. The zero-order valence-corrected chi connectivity index (χ0v) is 21.5. The molecule has 7 nitrogen and oxygen atoms in total. The summed E-state index contributed by atoms with van der Waals surface area (Å²) in [5, 5.41) is 14.6. The van der Waals surface area contributed by atoms with Crippen molar-refractivity contribution in [3.8, 4) is 11.8 Å². The highest BCUT2D eigenvalue weighted by Crippen LogP contribution is 2.18. The smallest absolute Gasteiger partial charge is 0.322 e. The summed E-state index contributed by atoms with van der Waals surface area (Å²) >= 11 is 0. The molecule has 0 saturated heterocycles. The highest BCUT2D eigenvalue weighted by atomic mass is 16.4. The highest BCUT2D eigenvalue weighted by molar-refractivity contribution is 5.97. The molecular weight excluding hydrogens is 442 g/mol. The van der Waals surface area contributed by atoms with Crippen molar-refractivity contribution in [3.05, 3.63) is 29.3 Å². The van der Waals surface area contributed by atoms with Crippen LogP contribution in [-0.2, 0) is 16.0 Å². The lowest BCUT2D eigenvalue weighted by Crippen LogP contribution is -2.30. The van der Waals surface area contributed by atoms with Gasteiger partial charge in [0.2, 0.25) is 5.91 Å². The molecule has 0 heterocycles. The summed E-state index contributed by atoms with van der Waals surface area (Å²) < 4.78 is 0. The van der Waals surface area contributed by atoms with Gasteiger partial charge in [-0.05, 0) is 49.4 Å². The van der Waals surface area contributed by atoms with Gasteiger partial charge in [-0.3, -0.25) is 14.4 Å². The first-order valence-corrected chi connectivity index (χ1v) is 13.0. The zero-order chi connectivity index (χ0) is 25.9. The number of carbonyl (C=O) groups is 3. The number of nitrogens with two attached hydrogens (primary N) is 1. The van der Waals surface area contributed by atoms with Gasteiger partial charge in [-0.1, -0.05) is 64.7 Å². The third kappa shape index (κ3) is 14.1. The Morgan fingerprint density at radius 2 is 1.60 bits per heavy atom. The molecule has 194 valence electrons. The molecule has 0 radical (unpaired) electrons. The van der Waals surface area contributed by atoms with Crippen molar-refractivity contribution in [2.45, 2.75) is 103 Å². The van der Waals surface area contributed by atoms with Crippen LogP contribution in [0, 0.1) is 11.8 Å². The topological polar surface area (TPSA) is 122 Å². The van der Waals surface area contributed by atoms with Crippen LogP contribution in [0.2, 0.25) is 0 Å². The Hall–Kier alpha value is -3.01. The number of hydrogen-bond acceptors (Lipinski definition) is 4. The van der Waals surface area contributed by atoms with Crippen LogP contribution in [0.1, 0.15) is 107 Å². The van der Waals surface area contributed by atoms with Crippen LogP contribution in [0.4, 0.5) is 5.69 Å². The molecule has 1 unspecified atom stereocenters. The second-order valence-electron chi connectivity index (χ2n) is 8.88. The van der Waals surface area contributed by atoms with Gasteiger partial charge < -0.3 is 21.5 Å². The Bertz CT molecular complexity index is 857. The molecule has 1 rings (SSSR count). The van der Waals surface area contributed by atoms with E-state index in [1.807, 2.05) is 19.1 Å². The van der Waals surface area contributed by atoms with Crippen LogP contribution in [0.15, 0.2) is 18.2 Å². The van der Waals surface area contributed by atoms with E-state index in [-0.39, 0.29) is 17.9 Å². The molecule has 0 aliphatic heterocycles. The quantitative estimate of drug-likeness (QED) is 0.172. The van der Waals surface area contributed by atoms with Gasteiger partial charge in [0.15, 0.2) is 0 Å². The number of primary amides is 1. The van der Waals surface area contributed by atoms with E-state index < -0.39 is 12.5 Å². The standard InChI is InChI=1S/C28H43N3O4/c1-3-22-20-24(18-19-25(22)28(35)30-21-27(33)34)31-23(4-2)16-14-12-10-8-6-5-7-9-11-13-15-17-26(29)32/h18-20,23,31H,3-13,15,17,21H2,1-2H3,(H2,29,32)(H,30,35)(H,33,34). The molecule has 0 aliphatic rings. The lowest BCUT2D eigenvalue weighted by molar-refractivity contribution is -0.135. The van der Waals surface area contributed by atoms with Gasteiger partial charge in [0, 0.05) is 24.1 Å². The lowest BCUT2D eigenvalue weighted by atomic mass is 10.0. The van der Waals surface area contributed by atoms with E-state index in [2.05, 4.69) is 29.4 Å². The fraction of sp³-hybridized carbons (Fsp3) is 0.607. The summed E-state index contributed by atoms with van der Waals surface area (Å²) in [6.07, 6.45) is 13.4. The number of benzene rings is 1. The predicted octanol–water partition coefficient (Wildman–Crippen LogP) is 5.03. The molecule has 7 heteroatoms. The van der Waals surface area contributed by atoms with Crippen LogP contribution >= 0.6 is 0 Å². The lowest BCUT2D eigenvalue weighted by Gasteiger charge is -2.15. The van der Waals surface area contributed by atoms with Crippen molar-refractivity contribution in [2.24, 2.45) is 5.73 Å². The van der Waals surface area contributed by atoms with Gasteiger partial charge in [-0.15, -0.1) is 5.92 Å². The van der Waals surface area contributed by atoms with Crippen LogP contribution in [0.25, 0.3) is 0 Å². The summed E-state index contributed by atoms with van der Waals surface area (Å²) in [5.74, 6) is 5.00. The summed E-state index contributed by atoms with van der Waals surface area (Å²) in [4.78, 5) is 33.6. The van der Waals surface area contributed by atoms with E-state index in [1.165, 1.54) is 38.5 Å². The van der Waals surface area contributed by atoms with Gasteiger partial charge in [0.05, 0.1) is 6.04 Å². The molecule has 2 amide bonds. The molecule has 1 aromatic rings. The maximum Gasteiger partial charge on any atom is 0.322 e. The van der Waals surface area contributed by atoms with Crippen molar-refractivity contribution >= 4 is 23.5 Å². The molecule has 1 aromatic carbocycles. The van der Waals surface area contributed by atoms with E-state index in [1.54, 1.807) is 6.07 Å². The minimum absolute atomic E-state index is 0.0426. The number of rotatable bonds is 18. The first-order chi connectivity index (χ1) is 16.9. The van der Waals surface area contributed by atoms with Crippen molar-refractivity contribution in [1.82, 2.24) is 5.32 Å². The fourth-order valence-electron chi connectivity index (χ4n) is 3.84. The third-order valence-corrected chi connectivity index (χ3v) is 5.88. The zero-order valence-electron chi connectivity index (χ0n) is 21.5. The van der Waals surface area contributed by atoms with Crippen molar-refractivity contribution < 1.29 is 19.5 Å².